The quantitative estimate of drug-likeness (QED) is 0.433. The normalized spacial score (nSPS) is 18.5. The largest absolute Gasteiger partial charge is 0.460 e. The Morgan fingerprint density at radius 1 is 1.23 bits per heavy atom. The number of rotatable bonds is 7. The van der Waals surface area contributed by atoms with Crippen LogP contribution in [0.25, 0.3) is 11.0 Å². The second-order valence-corrected chi connectivity index (χ2v) is 7.47. The lowest BCUT2D eigenvalue weighted by Crippen LogP contribution is -2.38. The smallest absolute Gasteiger partial charge is 0.317 e. The van der Waals surface area contributed by atoms with E-state index in [-0.39, 0.29) is 23.2 Å². The molecule has 9 nitrogen and oxygen atoms in total. The number of nitrogens with one attached hydrogen (secondary N) is 1. The van der Waals surface area contributed by atoms with Gasteiger partial charge in [-0.05, 0) is 43.9 Å². The van der Waals surface area contributed by atoms with Crippen LogP contribution in [0.2, 0.25) is 5.02 Å². The Morgan fingerprint density at radius 3 is 2.74 bits per heavy atom. The van der Waals surface area contributed by atoms with Gasteiger partial charge in [0.1, 0.15) is 29.3 Å². The van der Waals surface area contributed by atoms with Gasteiger partial charge in [0.05, 0.1) is 24.4 Å². The highest BCUT2D eigenvalue weighted by Gasteiger charge is 2.27. The highest BCUT2D eigenvalue weighted by atomic mass is 35.5. The van der Waals surface area contributed by atoms with E-state index in [1.54, 1.807) is 12.3 Å². The lowest BCUT2D eigenvalue weighted by atomic mass is 9.93. The van der Waals surface area contributed by atoms with Crippen LogP contribution in [-0.4, -0.2) is 50.7 Å². The van der Waals surface area contributed by atoms with Crippen molar-refractivity contribution in [3.63, 3.8) is 0 Å². The van der Waals surface area contributed by atoms with Crippen molar-refractivity contribution in [2.75, 3.05) is 12.4 Å². The maximum atomic E-state index is 13.4. The minimum atomic E-state index is -0.505. The number of fused-ring (bicyclic) bond motifs is 1. The molecule has 2 heterocycles. The van der Waals surface area contributed by atoms with Crippen molar-refractivity contribution < 1.29 is 18.8 Å². The van der Waals surface area contributed by atoms with E-state index in [1.807, 2.05) is 0 Å². The van der Waals surface area contributed by atoms with Crippen LogP contribution in [0.3, 0.4) is 0 Å². The first kappa shape index (κ1) is 21.1. The third kappa shape index (κ3) is 4.80. The first-order chi connectivity index (χ1) is 15.1. The fraction of sp³-hybridized carbons (Fsp3) is 0.350. The third-order valence-electron chi connectivity index (χ3n) is 5.13. The second kappa shape index (κ2) is 9.36. The fourth-order valence-corrected chi connectivity index (χ4v) is 3.72. The lowest BCUT2D eigenvalue weighted by molar-refractivity contribution is -0.178. The summed E-state index contributed by atoms with van der Waals surface area (Å²) in [4.78, 5) is 33.2. The van der Waals surface area contributed by atoms with Gasteiger partial charge < -0.3 is 10.1 Å². The number of halogens is 2. The Labute approximate surface area is 182 Å². The zero-order valence-corrected chi connectivity index (χ0v) is 17.4. The maximum Gasteiger partial charge on any atom is 0.317 e. The van der Waals surface area contributed by atoms with Gasteiger partial charge >= 0.3 is 6.01 Å². The molecule has 0 atom stereocenters. The van der Waals surface area contributed by atoms with Crippen LogP contribution in [0.1, 0.15) is 25.7 Å². The van der Waals surface area contributed by atoms with Crippen molar-refractivity contribution in [2.45, 2.75) is 37.8 Å². The van der Waals surface area contributed by atoms with Gasteiger partial charge in [-0.2, -0.15) is 4.98 Å². The van der Waals surface area contributed by atoms with Gasteiger partial charge in [-0.3, -0.25) is 9.63 Å². The highest BCUT2D eigenvalue weighted by molar-refractivity contribution is 6.31. The van der Waals surface area contributed by atoms with Crippen LogP contribution in [-0.2, 0) is 9.63 Å². The molecule has 0 radical (unpaired) electrons. The summed E-state index contributed by atoms with van der Waals surface area (Å²) in [6.07, 6.45) is 6.56. The third-order valence-corrected chi connectivity index (χ3v) is 5.42. The average Bonchev–Trinajstić information content (AvgIpc) is 2.79. The number of amides is 1. The summed E-state index contributed by atoms with van der Waals surface area (Å²) < 4.78 is 19.4. The molecule has 0 unspecified atom stereocenters. The van der Waals surface area contributed by atoms with Crippen LogP contribution in [0.5, 0.6) is 6.01 Å². The number of ether oxygens (including phenoxy) is 1. The van der Waals surface area contributed by atoms with E-state index < -0.39 is 5.82 Å². The van der Waals surface area contributed by atoms with Crippen LogP contribution in [0.15, 0.2) is 30.7 Å². The average molecular weight is 447 g/mol. The summed E-state index contributed by atoms with van der Waals surface area (Å²) >= 11 is 5.86. The Kier molecular flexibility index (Phi) is 6.38. The number of hydrogen-bond donors (Lipinski definition) is 1. The van der Waals surface area contributed by atoms with Crippen molar-refractivity contribution in [2.24, 2.45) is 0 Å². The molecule has 11 heteroatoms. The number of carbonyl (C=O) groups is 1. The van der Waals surface area contributed by atoms with Gasteiger partial charge in [0, 0.05) is 5.69 Å². The van der Waals surface area contributed by atoms with Crippen LogP contribution in [0.4, 0.5) is 15.9 Å². The topological polar surface area (TPSA) is 102 Å². The van der Waals surface area contributed by atoms with Crippen molar-refractivity contribution in [3.05, 3.63) is 41.6 Å². The van der Waals surface area contributed by atoms with E-state index in [0.29, 0.717) is 28.9 Å². The number of carbonyl (C=O) groups excluding carboxylic acids is 1. The molecule has 162 valence electrons. The minimum absolute atomic E-state index is 0.000713. The van der Waals surface area contributed by atoms with Crippen molar-refractivity contribution in [3.8, 4) is 6.01 Å². The Hall–Kier alpha value is -3.11. The fourth-order valence-electron chi connectivity index (χ4n) is 3.54. The molecular weight excluding hydrogens is 427 g/mol. The molecule has 1 aliphatic rings. The van der Waals surface area contributed by atoms with E-state index >= 15 is 0 Å². The summed E-state index contributed by atoms with van der Waals surface area (Å²) in [6.45, 7) is 0. The van der Waals surface area contributed by atoms with Gasteiger partial charge in [-0.1, -0.05) is 11.6 Å². The molecular formula is C20H20ClFN6O3. The predicted molar refractivity (Wildman–Crippen MR) is 111 cm³/mol. The van der Waals surface area contributed by atoms with Crippen LogP contribution >= 0.6 is 11.6 Å². The highest BCUT2D eigenvalue weighted by Crippen LogP contribution is 2.28. The molecule has 31 heavy (non-hydrogen) atoms. The van der Waals surface area contributed by atoms with Gasteiger partial charge in [0.2, 0.25) is 6.41 Å². The van der Waals surface area contributed by atoms with Gasteiger partial charge in [0.25, 0.3) is 0 Å². The van der Waals surface area contributed by atoms with Crippen LogP contribution < -0.4 is 10.1 Å². The Bertz CT molecular complexity index is 1080. The molecule has 0 saturated heterocycles. The Balaban J connectivity index is 1.49. The summed E-state index contributed by atoms with van der Waals surface area (Å²) in [6, 6.07) is 4.53. The van der Waals surface area contributed by atoms with Crippen molar-refractivity contribution in [1.82, 2.24) is 25.0 Å². The van der Waals surface area contributed by atoms with Gasteiger partial charge in [-0.25, -0.2) is 24.4 Å². The number of aromatic nitrogens is 4. The van der Waals surface area contributed by atoms with Crippen molar-refractivity contribution >= 4 is 40.5 Å². The monoisotopic (exact) mass is 446 g/mol. The molecule has 2 aromatic heterocycles. The molecule has 0 aliphatic heterocycles. The standard InChI is InChI=1S/C20H20ClFN6O3/c1-30-28(11-29)13-3-5-14(6-4-13)31-20-23-9-17-18(27-20)19(25-10-24-17)26-12-2-7-16(22)15(21)8-12/h2,7-11,13-14H,3-6H2,1H3,(H,24,25,26). The van der Waals surface area contributed by atoms with Gasteiger partial charge in [0.15, 0.2) is 5.82 Å². The summed E-state index contributed by atoms with van der Waals surface area (Å²) in [5.41, 5.74) is 1.56. The molecule has 0 bridgehead atoms. The molecule has 0 spiro atoms. The predicted octanol–water partition coefficient (Wildman–Crippen LogP) is 3.67. The second-order valence-electron chi connectivity index (χ2n) is 7.06. The SMILES string of the molecule is CON(C=O)C1CCC(Oc2ncc3ncnc(Nc4ccc(F)c(Cl)c4)c3n2)CC1. The van der Waals surface area contributed by atoms with Crippen LogP contribution in [0, 0.1) is 5.82 Å². The van der Waals surface area contributed by atoms with E-state index in [0.717, 1.165) is 25.7 Å². The maximum absolute atomic E-state index is 13.4. The van der Waals surface area contributed by atoms with Crippen molar-refractivity contribution in [1.29, 1.82) is 0 Å². The zero-order chi connectivity index (χ0) is 21.8. The number of anilines is 2. The summed E-state index contributed by atoms with van der Waals surface area (Å²) in [7, 11) is 1.48. The number of benzene rings is 1. The molecule has 1 saturated carbocycles. The molecule has 1 aromatic carbocycles. The zero-order valence-electron chi connectivity index (χ0n) is 16.7. The minimum Gasteiger partial charge on any atom is -0.460 e. The first-order valence-electron chi connectivity index (χ1n) is 9.71. The van der Waals surface area contributed by atoms with E-state index in [4.69, 9.17) is 21.2 Å². The molecule has 4 rings (SSSR count). The molecule has 1 aliphatic carbocycles. The first-order valence-corrected chi connectivity index (χ1v) is 10.1. The van der Waals surface area contributed by atoms with E-state index in [2.05, 4.69) is 25.3 Å². The summed E-state index contributed by atoms with van der Waals surface area (Å²) in [5, 5.41) is 4.41. The summed E-state index contributed by atoms with van der Waals surface area (Å²) in [5.74, 6) is -0.0837. The van der Waals surface area contributed by atoms with Gasteiger partial charge in [-0.15, -0.1) is 0 Å². The molecule has 1 N–H and O–H groups in total. The lowest BCUT2D eigenvalue weighted by Gasteiger charge is -2.32. The number of hydroxylamine groups is 2. The van der Waals surface area contributed by atoms with E-state index in [9.17, 15) is 9.18 Å². The number of hydrogen-bond acceptors (Lipinski definition) is 8. The number of nitrogens with zero attached hydrogens (tertiary/aromatic N) is 5. The molecule has 3 aromatic rings. The van der Waals surface area contributed by atoms with E-state index in [1.165, 1.54) is 30.6 Å². The molecule has 1 amide bonds. The Morgan fingerprint density at radius 2 is 2.03 bits per heavy atom. The molecule has 1 fully saturated rings.